The number of para-hydroxylation sites is 1. The average molecular weight is 524 g/mol. The smallest absolute Gasteiger partial charge is 0.408 e. The molecule has 0 aliphatic heterocycles. The van der Waals surface area contributed by atoms with Crippen LogP contribution >= 0.6 is 0 Å². The Bertz CT molecular complexity index is 1130. The molecule has 2 N–H and O–H groups in total. The molecule has 2 unspecified atom stereocenters. The number of likely N-dealkylation sites (N-methyl/N-ethyl adjacent to an activating group) is 1. The summed E-state index contributed by atoms with van der Waals surface area (Å²) >= 11 is 0. The van der Waals surface area contributed by atoms with Gasteiger partial charge in [-0.3, -0.25) is 9.59 Å². The Morgan fingerprint density at radius 2 is 1.55 bits per heavy atom. The number of nitrogens with one attached hydrogen (secondary N) is 2. The van der Waals surface area contributed by atoms with Gasteiger partial charge < -0.3 is 20.3 Å². The third kappa shape index (κ3) is 8.33. The van der Waals surface area contributed by atoms with Crippen molar-refractivity contribution in [1.82, 2.24) is 10.2 Å². The van der Waals surface area contributed by atoms with E-state index >= 15 is 0 Å². The molecular formula is C31H45N3O4. The van der Waals surface area contributed by atoms with Crippen molar-refractivity contribution in [3.63, 3.8) is 0 Å². The maximum absolute atomic E-state index is 14.1. The molecular weight excluding hydrogens is 478 g/mol. The van der Waals surface area contributed by atoms with E-state index in [0.717, 1.165) is 33.5 Å². The van der Waals surface area contributed by atoms with Crippen LogP contribution < -0.4 is 10.6 Å². The third-order valence-electron chi connectivity index (χ3n) is 6.33. The zero-order chi connectivity index (χ0) is 28.8. The molecule has 38 heavy (non-hydrogen) atoms. The van der Waals surface area contributed by atoms with E-state index in [1.54, 1.807) is 25.7 Å². The first kappa shape index (κ1) is 30.9. The Hall–Kier alpha value is -3.35. The van der Waals surface area contributed by atoms with E-state index in [9.17, 15) is 14.4 Å². The SMILES string of the molecule is CCN(C(=O)C(CC(C)C)NC(=O)OC(C)(C)C)C(C(=O)Nc1c(C)cccc1C)c1ccc(C)cc1C. The fraction of sp³-hybridized carbons (Fsp3) is 0.516. The summed E-state index contributed by atoms with van der Waals surface area (Å²) in [6, 6.07) is 9.98. The molecule has 3 amide bonds. The van der Waals surface area contributed by atoms with Gasteiger partial charge in [-0.2, -0.15) is 0 Å². The van der Waals surface area contributed by atoms with E-state index in [-0.39, 0.29) is 24.3 Å². The van der Waals surface area contributed by atoms with Gasteiger partial charge in [-0.25, -0.2) is 4.79 Å². The van der Waals surface area contributed by atoms with Crippen LogP contribution in [-0.2, 0) is 14.3 Å². The maximum Gasteiger partial charge on any atom is 0.408 e. The summed E-state index contributed by atoms with van der Waals surface area (Å²) in [6.45, 7) is 19.3. The van der Waals surface area contributed by atoms with Crippen molar-refractivity contribution >= 4 is 23.6 Å². The lowest BCUT2D eigenvalue weighted by atomic mass is 9.95. The van der Waals surface area contributed by atoms with Gasteiger partial charge in [0, 0.05) is 12.2 Å². The number of hydrogen-bond acceptors (Lipinski definition) is 4. The lowest BCUT2D eigenvalue weighted by Crippen LogP contribution is -2.52. The van der Waals surface area contributed by atoms with Gasteiger partial charge in [-0.1, -0.05) is 55.8 Å². The molecule has 208 valence electrons. The van der Waals surface area contributed by atoms with Crippen molar-refractivity contribution in [2.45, 2.75) is 93.3 Å². The number of alkyl carbamates (subject to hydrolysis) is 1. The van der Waals surface area contributed by atoms with Gasteiger partial charge in [0.1, 0.15) is 17.7 Å². The third-order valence-corrected chi connectivity index (χ3v) is 6.33. The van der Waals surface area contributed by atoms with E-state index in [0.29, 0.717) is 6.42 Å². The Labute approximate surface area is 228 Å². The van der Waals surface area contributed by atoms with Crippen LogP contribution in [-0.4, -0.2) is 41.0 Å². The van der Waals surface area contributed by atoms with Crippen molar-refractivity contribution < 1.29 is 19.1 Å². The second-order valence-electron chi connectivity index (χ2n) is 11.5. The topological polar surface area (TPSA) is 87.7 Å². The van der Waals surface area contributed by atoms with Gasteiger partial charge in [-0.05, 0) is 90.0 Å². The molecule has 2 atom stereocenters. The van der Waals surface area contributed by atoms with E-state index in [4.69, 9.17) is 4.74 Å². The predicted molar refractivity (Wildman–Crippen MR) is 153 cm³/mol. The van der Waals surface area contributed by atoms with Crippen LogP contribution in [0.3, 0.4) is 0 Å². The standard InChI is InChI=1S/C31H45N3O4/c1-11-34(29(36)25(17-19(2)3)32-30(37)38-31(8,9)10)27(24-16-15-20(4)18-23(24)7)28(35)33-26-21(5)13-12-14-22(26)6/h12-16,18-19,25,27H,11,17H2,1-10H3,(H,32,37)(H,33,35). The van der Waals surface area contributed by atoms with E-state index in [1.165, 1.54) is 0 Å². The van der Waals surface area contributed by atoms with Crippen LogP contribution in [0.25, 0.3) is 0 Å². The molecule has 7 heteroatoms. The number of aryl methyl sites for hydroxylation is 4. The molecule has 0 spiro atoms. The molecule has 0 heterocycles. The maximum atomic E-state index is 14.1. The molecule has 2 rings (SSSR count). The molecule has 0 fully saturated rings. The highest BCUT2D eigenvalue weighted by Crippen LogP contribution is 2.29. The van der Waals surface area contributed by atoms with Crippen LogP contribution in [0, 0.1) is 33.6 Å². The minimum Gasteiger partial charge on any atom is -0.444 e. The van der Waals surface area contributed by atoms with E-state index in [2.05, 4.69) is 10.6 Å². The summed E-state index contributed by atoms with van der Waals surface area (Å²) in [5.74, 6) is -0.501. The van der Waals surface area contributed by atoms with Crippen LogP contribution in [0.15, 0.2) is 36.4 Å². The molecule has 0 aliphatic carbocycles. The number of nitrogens with zero attached hydrogens (tertiary/aromatic N) is 1. The van der Waals surface area contributed by atoms with E-state index < -0.39 is 23.8 Å². The zero-order valence-electron chi connectivity index (χ0n) is 24.7. The molecule has 0 saturated carbocycles. The molecule has 0 radical (unpaired) electrons. The first-order valence-electron chi connectivity index (χ1n) is 13.4. The first-order chi connectivity index (χ1) is 17.6. The molecule has 2 aromatic carbocycles. The Morgan fingerprint density at radius 3 is 2.05 bits per heavy atom. The molecule has 2 aromatic rings. The Kier molecular flexibility index (Phi) is 10.5. The summed E-state index contributed by atoms with van der Waals surface area (Å²) in [6.07, 6.45) is -0.247. The highest BCUT2D eigenvalue weighted by molar-refractivity contribution is 6.00. The van der Waals surface area contributed by atoms with Gasteiger partial charge in [0.2, 0.25) is 5.91 Å². The average Bonchev–Trinajstić information content (AvgIpc) is 2.78. The normalized spacial score (nSPS) is 13.0. The molecule has 0 aromatic heterocycles. The molecule has 0 aliphatic rings. The fourth-order valence-electron chi connectivity index (χ4n) is 4.59. The summed E-state index contributed by atoms with van der Waals surface area (Å²) in [7, 11) is 0. The fourth-order valence-corrected chi connectivity index (χ4v) is 4.59. The van der Waals surface area contributed by atoms with Crippen LogP contribution in [0.1, 0.15) is 81.8 Å². The van der Waals surface area contributed by atoms with Crippen molar-refractivity contribution in [1.29, 1.82) is 0 Å². The van der Waals surface area contributed by atoms with Gasteiger partial charge in [0.05, 0.1) is 0 Å². The quantitative estimate of drug-likeness (QED) is 0.399. The number of benzene rings is 2. The largest absolute Gasteiger partial charge is 0.444 e. The summed E-state index contributed by atoms with van der Waals surface area (Å²) in [5.41, 5.74) is 4.65. The number of carbonyl (C=O) groups excluding carboxylic acids is 3. The number of carbonyl (C=O) groups is 3. The van der Waals surface area contributed by atoms with Crippen molar-refractivity contribution in [2.24, 2.45) is 5.92 Å². The minimum absolute atomic E-state index is 0.126. The van der Waals surface area contributed by atoms with Crippen LogP contribution in [0.4, 0.5) is 10.5 Å². The highest BCUT2D eigenvalue weighted by Gasteiger charge is 2.36. The molecule has 0 bridgehead atoms. The lowest BCUT2D eigenvalue weighted by Gasteiger charge is -2.35. The first-order valence-corrected chi connectivity index (χ1v) is 13.4. The Morgan fingerprint density at radius 1 is 0.947 bits per heavy atom. The van der Waals surface area contributed by atoms with E-state index in [1.807, 2.05) is 84.9 Å². The number of anilines is 1. The molecule has 7 nitrogen and oxygen atoms in total. The number of rotatable bonds is 9. The number of ether oxygens (including phenoxy) is 1. The lowest BCUT2D eigenvalue weighted by molar-refractivity contribution is -0.140. The zero-order valence-corrected chi connectivity index (χ0v) is 24.7. The van der Waals surface area contributed by atoms with Crippen molar-refractivity contribution in [2.75, 3.05) is 11.9 Å². The monoisotopic (exact) mass is 523 g/mol. The summed E-state index contributed by atoms with van der Waals surface area (Å²) in [4.78, 5) is 42.3. The van der Waals surface area contributed by atoms with Crippen molar-refractivity contribution in [3.05, 3.63) is 64.2 Å². The van der Waals surface area contributed by atoms with Crippen LogP contribution in [0.2, 0.25) is 0 Å². The minimum atomic E-state index is -0.887. The number of hydrogen-bond donors (Lipinski definition) is 2. The summed E-state index contributed by atoms with van der Waals surface area (Å²) < 4.78 is 5.44. The summed E-state index contributed by atoms with van der Waals surface area (Å²) in [5, 5.41) is 5.87. The molecule has 0 saturated heterocycles. The highest BCUT2D eigenvalue weighted by atomic mass is 16.6. The second-order valence-corrected chi connectivity index (χ2v) is 11.5. The van der Waals surface area contributed by atoms with Crippen molar-refractivity contribution in [3.8, 4) is 0 Å². The van der Waals surface area contributed by atoms with Crippen LogP contribution in [0.5, 0.6) is 0 Å². The van der Waals surface area contributed by atoms with Gasteiger partial charge in [0.15, 0.2) is 0 Å². The van der Waals surface area contributed by atoms with Gasteiger partial charge >= 0.3 is 6.09 Å². The van der Waals surface area contributed by atoms with Gasteiger partial charge in [-0.15, -0.1) is 0 Å². The Balaban J connectivity index is 2.54. The van der Waals surface area contributed by atoms with Gasteiger partial charge in [0.25, 0.3) is 5.91 Å². The second kappa shape index (κ2) is 12.9. The predicted octanol–water partition coefficient (Wildman–Crippen LogP) is 6.39. The number of amides is 3.